The lowest BCUT2D eigenvalue weighted by molar-refractivity contribution is 0.411. The van der Waals surface area contributed by atoms with Gasteiger partial charge in [-0.05, 0) is 30.7 Å². The highest BCUT2D eigenvalue weighted by molar-refractivity contribution is 5.33. The Hall–Kier alpha value is -2.01. The molecule has 2 heterocycles. The highest BCUT2D eigenvalue weighted by atomic mass is 19.1. The molecule has 20 heavy (non-hydrogen) atoms. The van der Waals surface area contributed by atoms with Crippen molar-refractivity contribution in [3.63, 3.8) is 0 Å². The van der Waals surface area contributed by atoms with Crippen LogP contribution in [-0.2, 0) is 0 Å². The Morgan fingerprint density at radius 3 is 2.85 bits per heavy atom. The number of nitrogens with zero attached hydrogens (tertiary/aromatic N) is 2. The van der Waals surface area contributed by atoms with Crippen LogP contribution in [0.3, 0.4) is 0 Å². The second-order valence-corrected chi connectivity index (χ2v) is 4.44. The summed E-state index contributed by atoms with van der Waals surface area (Å²) in [5.74, 6) is 0.323. The number of aromatic nitrogens is 2. The lowest BCUT2D eigenvalue weighted by Gasteiger charge is -2.20. The Morgan fingerprint density at radius 2 is 2.15 bits per heavy atom. The fraction of sp³-hybridized carbons (Fsp3) is 0.333. The second-order valence-electron chi connectivity index (χ2n) is 4.44. The Labute approximate surface area is 118 Å². The lowest BCUT2D eigenvalue weighted by atomic mass is 10.0. The number of hydrogen-bond acceptors (Lipinski definition) is 4. The van der Waals surface area contributed by atoms with Crippen molar-refractivity contribution in [1.82, 2.24) is 15.3 Å². The number of ether oxygens (including phenoxy) is 1. The Morgan fingerprint density at radius 1 is 1.30 bits per heavy atom. The summed E-state index contributed by atoms with van der Waals surface area (Å²) in [5.41, 5.74) is 1.42. The maximum absolute atomic E-state index is 14.0. The Kier molecular flexibility index (Phi) is 5.01. The van der Waals surface area contributed by atoms with Crippen molar-refractivity contribution in [3.05, 3.63) is 53.9 Å². The third kappa shape index (κ3) is 3.30. The number of nitrogens with one attached hydrogen (secondary N) is 1. The highest BCUT2D eigenvalue weighted by Gasteiger charge is 2.18. The van der Waals surface area contributed by atoms with Gasteiger partial charge in [-0.15, -0.1) is 0 Å². The van der Waals surface area contributed by atoms with Crippen molar-refractivity contribution >= 4 is 0 Å². The van der Waals surface area contributed by atoms with Gasteiger partial charge in [0.15, 0.2) is 0 Å². The van der Waals surface area contributed by atoms with Crippen LogP contribution in [0.5, 0.6) is 5.75 Å². The van der Waals surface area contributed by atoms with Crippen molar-refractivity contribution in [2.24, 2.45) is 0 Å². The van der Waals surface area contributed by atoms with Gasteiger partial charge in [0.1, 0.15) is 11.6 Å². The summed E-state index contributed by atoms with van der Waals surface area (Å²) >= 11 is 0. The summed E-state index contributed by atoms with van der Waals surface area (Å²) in [6.07, 6.45) is 7.12. The fourth-order valence-electron chi connectivity index (χ4n) is 2.02. The summed E-state index contributed by atoms with van der Waals surface area (Å²) in [6, 6.07) is 3.28. The quantitative estimate of drug-likeness (QED) is 0.880. The predicted molar refractivity (Wildman–Crippen MR) is 75.1 cm³/mol. The van der Waals surface area contributed by atoms with Gasteiger partial charge >= 0.3 is 0 Å². The largest absolute Gasteiger partial charge is 0.495 e. The third-order valence-electron chi connectivity index (χ3n) is 3.02. The van der Waals surface area contributed by atoms with Crippen LogP contribution in [0.1, 0.15) is 30.5 Å². The molecule has 0 aliphatic rings. The molecule has 2 aromatic rings. The van der Waals surface area contributed by atoms with E-state index in [1.54, 1.807) is 31.8 Å². The van der Waals surface area contributed by atoms with Crippen LogP contribution in [0.25, 0.3) is 0 Å². The van der Waals surface area contributed by atoms with Crippen molar-refractivity contribution < 1.29 is 9.13 Å². The first kappa shape index (κ1) is 14.4. The van der Waals surface area contributed by atoms with E-state index in [2.05, 4.69) is 22.2 Å². The van der Waals surface area contributed by atoms with Crippen LogP contribution in [-0.4, -0.2) is 23.6 Å². The van der Waals surface area contributed by atoms with Crippen LogP contribution in [0.15, 0.2) is 36.9 Å². The molecule has 106 valence electrons. The topological polar surface area (TPSA) is 47.0 Å². The molecular weight excluding hydrogens is 257 g/mol. The number of rotatable bonds is 6. The Bertz CT molecular complexity index is 562. The van der Waals surface area contributed by atoms with E-state index in [1.165, 1.54) is 6.20 Å². The highest BCUT2D eigenvalue weighted by Crippen LogP contribution is 2.25. The zero-order valence-electron chi connectivity index (χ0n) is 11.6. The monoisotopic (exact) mass is 275 g/mol. The molecular formula is C15H18FN3O. The summed E-state index contributed by atoms with van der Waals surface area (Å²) in [5, 5.41) is 3.33. The third-order valence-corrected chi connectivity index (χ3v) is 3.02. The maximum atomic E-state index is 14.0. The molecule has 0 aliphatic carbocycles. The van der Waals surface area contributed by atoms with Gasteiger partial charge in [0.25, 0.3) is 0 Å². The van der Waals surface area contributed by atoms with E-state index in [-0.39, 0.29) is 11.9 Å². The van der Waals surface area contributed by atoms with Crippen LogP contribution >= 0.6 is 0 Å². The number of hydrogen-bond donors (Lipinski definition) is 1. The smallest absolute Gasteiger partial charge is 0.146 e. The molecule has 1 N–H and O–H groups in total. The summed E-state index contributed by atoms with van der Waals surface area (Å²) < 4.78 is 19.2. The van der Waals surface area contributed by atoms with Crippen LogP contribution in [0.4, 0.5) is 4.39 Å². The van der Waals surface area contributed by atoms with Crippen LogP contribution < -0.4 is 10.1 Å². The van der Waals surface area contributed by atoms with E-state index >= 15 is 0 Å². The fourth-order valence-corrected chi connectivity index (χ4v) is 2.02. The minimum Gasteiger partial charge on any atom is -0.495 e. The molecule has 2 rings (SSSR count). The molecule has 0 fully saturated rings. The molecule has 0 saturated heterocycles. The minimum absolute atomic E-state index is 0.263. The molecule has 4 nitrogen and oxygen atoms in total. The summed E-state index contributed by atoms with van der Waals surface area (Å²) in [4.78, 5) is 7.93. The van der Waals surface area contributed by atoms with Gasteiger partial charge in [-0.25, -0.2) is 4.39 Å². The van der Waals surface area contributed by atoms with Gasteiger partial charge in [-0.2, -0.15) is 0 Å². The lowest BCUT2D eigenvalue weighted by Crippen LogP contribution is -2.24. The van der Waals surface area contributed by atoms with Gasteiger partial charge in [0, 0.05) is 18.0 Å². The predicted octanol–water partition coefficient (Wildman–Crippen LogP) is 2.71. The molecule has 1 atom stereocenters. The molecule has 0 saturated carbocycles. The first-order valence-electron chi connectivity index (χ1n) is 6.58. The molecule has 0 bridgehead atoms. The van der Waals surface area contributed by atoms with E-state index in [4.69, 9.17) is 4.74 Å². The van der Waals surface area contributed by atoms with Crippen LogP contribution in [0, 0.1) is 5.82 Å². The zero-order valence-corrected chi connectivity index (χ0v) is 11.6. The summed E-state index contributed by atoms with van der Waals surface area (Å²) in [6.45, 7) is 2.85. The second kappa shape index (κ2) is 6.96. The van der Waals surface area contributed by atoms with E-state index < -0.39 is 0 Å². The number of halogens is 1. The van der Waals surface area contributed by atoms with Gasteiger partial charge in [0.05, 0.1) is 25.5 Å². The average molecular weight is 275 g/mol. The van der Waals surface area contributed by atoms with Crippen LogP contribution in [0.2, 0.25) is 0 Å². The van der Waals surface area contributed by atoms with Gasteiger partial charge in [0.2, 0.25) is 0 Å². The SMILES string of the molecule is CCCNC(c1cncc(OC)c1)c1ccncc1F. The van der Waals surface area contributed by atoms with Crippen molar-refractivity contribution in [2.75, 3.05) is 13.7 Å². The standard InChI is InChI=1S/C15H18FN3O/c1-3-5-19-15(13-4-6-17-10-14(13)16)11-7-12(20-2)9-18-8-11/h4,6-10,15,19H,3,5H2,1-2H3. The van der Waals surface area contributed by atoms with Gasteiger partial charge in [-0.3, -0.25) is 9.97 Å². The van der Waals surface area contributed by atoms with E-state index in [1.807, 2.05) is 6.07 Å². The number of methoxy groups -OCH3 is 1. The molecule has 0 aromatic carbocycles. The Balaban J connectivity index is 2.38. The normalized spacial score (nSPS) is 12.2. The van der Waals surface area contributed by atoms with E-state index in [0.717, 1.165) is 18.5 Å². The van der Waals surface area contributed by atoms with E-state index in [9.17, 15) is 4.39 Å². The maximum Gasteiger partial charge on any atom is 0.146 e. The molecule has 0 aliphatic heterocycles. The zero-order chi connectivity index (χ0) is 14.4. The van der Waals surface area contributed by atoms with Gasteiger partial charge in [-0.1, -0.05) is 6.92 Å². The van der Waals surface area contributed by atoms with Crippen molar-refractivity contribution in [2.45, 2.75) is 19.4 Å². The molecule has 0 amide bonds. The first-order valence-corrected chi connectivity index (χ1v) is 6.58. The van der Waals surface area contributed by atoms with Gasteiger partial charge < -0.3 is 10.1 Å². The molecule has 5 heteroatoms. The molecule has 2 aromatic heterocycles. The molecule has 1 unspecified atom stereocenters. The summed E-state index contributed by atoms with van der Waals surface area (Å²) in [7, 11) is 1.59. The van der Waals surface area contributed by atoms with Crippen molar-refractivity contribution in [3.8, 4) is 5.75 Å². The number of pyridine rings is 2. The van der Waals surface area contributed by atoms with E-state index in [0.29, 0.717) is 11.3 Å². The molecule has 0 spiro atoms. The average Bonchev–Trinajstić information content (AvgIpc) is 2.49. The first-order chi connectivity index (χ1) is 9.76. The van der Waals surface area contributed by atoms with Crippen molar-refractivity contribution in [1.29, 1.82) is 0 Å². The molecule has 0 radical (unpaired) electrons. The minimum atomic E-state index is -0.330.